The number of nitrogens with zero attached hydrogens (tertiary/aromatic N) is 8. The van der Waals surface area contributed by atoms with Crippen LogP contribution in [-0.2, 0) is 67.3 Å². The van der Waals surface area contributed by atoms with Crippen molar-refractivity contribution in [3.8, 4) is 0 Å². The fraction of sp³-hybridized carbons (Fsp3) is 0.809. The first-order valence-corrected chi connectivity index (χ1v) is 36.1. The van der Waals surface area contributed by atoms with Crippen LogP contribution in [0.2, 0.25) is 0 Å². The van der Waals surface area contributed by atoms with Crippen molar-refractivity contribution in [3.05, 3.63) is 12.2 Å². The molecule has 2 fully saturated rings. The highest BCUT2D eigenvalue weighted by Gasteiger charge is 2.46. The molecule has 27 nitrogen and oxygen atoms in total. The fourth-order valence-corrected chi connectivity index (χ4v) is 13.6. The summed E-state index contributed by atoms with van der Waals surface area (Å²) in [6, 6.07) is -14.4. The molecule has 2 heterocycles. The van der Waals surface area contributed by atoms with Crippen molar-refractivity contribution in [2.24, 2.45) is 41.4 Å². The third-order valence-corrected chi connectivity index (χ3v) is 20.3. The Morgan fingerprint density at radius 2 is 0.969 bits per heavy atom. The number of aliphatic hydroxyl groups excluding tert-OH is 1. The van der Waals surface area contributed by atoms with Crippen LogP contribution >= 0.6 is 0 Å². The quantitative estimate of drug-likeness (QED) is 0.0912. The average molecular weight is 1380 g/mol. The Bertz CT molecular complexity index is 2790. The molecule has 0 radical (unpaired) electrons. The number of carbonyl (C=O) groups excluding carboxylic acids is 11. The van der Waals surface area contributed by atoms with Crippen molar-refractivity contribution in [1.29, 1.82) is 0 Å². The van der Waals surface area contributed by atoms with Crippen molar-refractivity contribution in [2.75, 3.05) is 93.7 Å². The summed E-state index contributed by atoms with van der Waals surface area (Å²) >= 11 is 0. The van der Waals surface area contributed by atoms with Gasteiger partial charge >= 0.3 is 0 Å². The zero-order chi connectivity index (χ0) is 73.9. The van der Waals surface area contributed by atoms with E-state index in [9.17, 15) is 42.3 Å². The van der Waals surface area contributed by atoms with Gasteiger partial charge in [-0.25, -0.2) is 8.42 Å². The van der Waals surface area contributed by atoms with Crippen LogP contribution in [0.15, 0.2) is 12.2 Å². The first kappa shape index (κ1) is 85.8. The molecule has 11 amide bonds. The van der Waals surface area contributed by atoms with E-state index in [1.165, 1.54) is 89.7 Å². The number of likely N-dealkylation sites (N-methyl/N-ethyl adjacent to an activating group) is 7. The van der Waals surface area contributed by atoms with E-state index in [-0.39, 0.29) is 74.6 Å². The highest BCUT2D eigenvalue weighted by Crippen LogP contribution is 2.26. The topological polar surface area (TPSA) is 325 Å². The summed E-state index contributed by atoms with van der Waals surface area (Å²) in [6.45, 7) is 30.1. The molecule has 0 saturated carbocycles. The minimum Gasteiger partial charge on any atom is -0.390 e. The Labute approximate surface area is 573 Å². The van der Waals surface area contributed by atoms with E-state index in [0.717, 1.165) is 14.7 Å². The SMILES string of the molecule is C/C=C/C[C@@H](C)[C@@H](O)C1C(=O)N[C@@H](CC)C(=O)N(C)[C@H](C)C(=O)N(C)[C@@H]([C@H](C)COCCN2CCS(=O)(=O)CC2)C(=O)N[C@@H](C(C)C)C(=O)N(C)[C@@H](CC(C)C)C(=O)N[C@@H](C)C(=O)N[C@H](C)C(=O)N(C)[C@@H](CC(C)C)C(=O)N(C)[C@@H](CC(C)C)C(=O)N(C)[C@@H](C(C)C)C(=O)N1C. The van der Waals surface area contributed by atoms with Crippen molar-refractivity contribution in [1.82, 2.24) is 60.5 Å². The number of hydrogen-bond donors (Lipinski definition) is 5. The maximum absolute atomic E-state index is 15.3. The first-order valence-electron chi connectivity index (χ1n) is 34.3. The van der Waals surface area contributed by atoms with E-state index in [4.69, 9.17) is 4.74 Å². The van der Waals surface area contributed by atoms with Gasteiger partial charge in [0, 0.05) is 74.9 Å². The van der Waals surface area contributed by atoms with Gasteiger partial charge < -0.3 is 65.4 Å². The minimum absolute atomic E-state index is 0.00538. The van der Waals surface area contributed by atoms with Crippen molar-refractivity contribution < 1.29 is 71.0 Å². The number of hydrogen-bond acceptors (Lipinski definition) is 16. The molecule has 2 aliphatic heterocycles. The smallest absolute Gasteiger partial charge is 0.246 e. The lowest BCUT2D eigenvalue weighted by atomic mass is 9.91. The molecule has 0 aliphatic carbocycles. The molecule has 0 aromatic rings. The van der Waals surface area contributed by atoms with E-state index >= 15 is 24.0 Å². The molecule has 0 bridgehead atoms. The normalized spacial score (nSPS) is 28.0. The van der Waals surface area contributed by atoms with Crippen LogP contribution in [0.1, 0.15) is 150 Å². The second kappa shape index (κ2) is 38.8. The number of aliphatic hydroxyl groups is 1. The molecule has 2 rings (SSSR count). The number of nitrogens with one attached hydrogen (secondary N) is 4. The van der Waals surface area contributed by atoms with Crippen molar-refractivity contribution >= 4 is 74.8 Å². The number of sulfone groups is 1. The molecular formula is C68H122N12O15S. The van der Waals surface area contributed by atoms with E-state index in [2.05, 4.69) is 21.3 Å². The summed E-state index contributed by atoms with van der Waals surface area (Å²) < 4.78 is 30.4. The molecule has 0 aromatic heterocycles. The van der Waals surface area contributed by atoms with Crippen molar-refractivity contribution in [3.63, 3.8) is 0 Å². The predicted octanol–water partition coefficient (Wildman–Crippen LogP) is 1.99. The van der Waals surface area contributed by atoms with Crippen LogP contribution in [0.3, 0.4) is 0 Å². The molecule has 5 N–H and O–H groups in total. The summed E-state index contributed by atoms with van der Waals surface area (Å²) in [5.74, 6) is -11.1. The molecular weight excluding hydrogens is 1260 g/mol. The highest BCUT2D eigenvalue weighted by atomic mass is 32.2. The number of carbonyl (C=O) groups is 11. The first-order chi connectivity index (χ1) is 44.4. The summed E-state index contributed by atoms with van der Waals surface area (Å²) in [7, 11) is 6.64. The van der Waals surface area contributed by atoms with Gasteiger partial charge in [-0.1, -0.05) is 102 Å². The van der Waals surface area contributed by atoms with E-state index in [1.54, 1.807) is 67.5 Å². The lowest BCUT2D eigenvalue weighted by molar-refractivity contribution is -0.157. The summed E-state index contributed by atoms with van der Waals surface area (Å²) in [6.07, 6.45) is 2.65. The van der Waals surface area contributed by atoms with Gasteiger partial charge in [-0.2, -0.15) is 0 Å². The lowest BCUT2D eigenvalue weighted by Crippen LogP contribution is -2.64. The number of ether oxygens (including phenoxy) is 1. The Kier molecular flexibility index (Phi) is 34.7. The summed E-state index contributed by atoms with van der Waals surface area (Å²) in [5, 5.41) is 23.2. The molecule has 2 aliphatic rings. The summed E-state index contributed by atoms with van der Waals surface area (Å²) in [4.78, 5) is 174. The van der Waals surface area contributed by atoms with E-state index < -0.39 is 171 Å². The Morgan fingerprint density at radius 1 is 0.510 bits per heavy atom. The highest BCUT2D eigenvalue weighted by molar-refractivity contribution is 7.91. The van der Waals surface area contributed by atoms with Gasteiger partial charge in [0.05, 0.1) is 30.8 Å². The molecule has 28 heteroatoms. The van der Waals surface area contributed by atoms with Gasteiger partial charge in [0.1, 0.15) is 66.5 Å². The Morgan fingerprint density at radius 3 is 1.46 bits per heavy atom. The number of rotatable bonds is 19. The van der Waals surface area contributed by atoms with Crippen LogP contribution < -0.4 is 21.3 Å². The number of amides is 11. The second-order valence-corrected chi connectivity index (χ2v) is 31.1. The zero-order valence-electron chi connectivity index (χ0n) is 62.3. The third kappa shape index (κ3) is 23.7. The van der Waals surface area contributed by atoms with Crippen LogP contribution in [0.4, 0.5) is 0 Å². The van der Waals surface area contributed by atoms with Crippen molar-refractivity contribution in [2.45, 2.75) is 222 Å². The predicted molar refractivity (Wildman–Crippen MR) is 369 cm³/mol. The van der Waals surface area contributed by atoms with E-state index in [0.29, 0.717) is 19.6 Å². The molecule has 550 valence electrons. The van der Waals surface area contributed by atoms with Crippen LogP contribution in [0, 0.1) is 41.4 Å². The van der Waals surface area contributed by atoms with E-state index in [1.807, 2.05) is 46.4 Å². The van der Waals surface area contributed by atoms with Gasteiger partial charge in [0.15, 0.2) is 9.84 Å². The minimum atomic E-state index is -3.15. The summed E-state index contributed by atoms with van der Waals surface area (Å²) in [5.41, 5.74) is 0. The largest absolute Gasteiger partial charge is 0.390 e. The maximum atomic E-state index is 15.3. The molecule has 96 heavy (non-hydrogen) atoms. The van der Waals surface area contributed by atoms with Crippen LogP contribution in [0.5, 0.6) is 0 Å². The Hall–Kier alpha value is -6.26. The van der Waals surface area contributed by atoms with Crippen LogP contribution in [-0.4, -0.2) is 284 Å². The van der Waals surface area contributed by atoms with Gasteiger partial charge in [-0.3, -0.25) is 57.6 Å². The second-order valence-electron chi connectivity index (χ2n) is 28.8. The number of allylic oxidation sites excluding steroid dienone is 2. The van der Waals surface area contributed by atoms with Gasteiger partial charge in [0.2, 0.25) is 65.0 Å². The lowest BCUT2D eigenvalue weighted by Gasteiger charge is -2.41. The molecule has 14 atom stereocenters. The molecule has 2 saturated heterocycles. The maximum Gasteiger partial charge on any atom is 0.246 e. The van der Waals surface area contributed by atoms with Gasteiger partial charge in [-0.05, 0) is 95.3 Å². The molecule has 1 unspecified atom stereocenters. The Balaban J connectivity index is 3.02. The van der Waals surface area contributed by atoms with Gasteiger partial charge in [-0.15, -0.1) is 0 Å². The van der Waals surface area contributed by atoms with Gasteiger partial charge in [0.25, 0.3) is 0 Å². The standard InChI is InChI=1S/C68H122N12O15S/c1-25-27-28-44(13)57(81)56-61(85)71-49(26-2)64(88)73(18)48(17)63(87)78(23)55(45(14)38-95-32-29-80-30-33-96(93,94)34-31-80)60(84)72-53(42(9)10)67(91)74(19)50(35-39(3)4)59(83)69-46(15)58(82)70-47(16)62(86)75(20)51(36-40(5)6)65(89)76(21)52(37-41(7)8)66(90)77(22)54(43(11)12)68(92)79(56)24/h25,27,39-57,81H,26,28-38H2,1-24H3,(H,69,83)(H,70,82)(H,71,85)(H,72,84)/b27-25+/t44-,45-,46+,47-,48-,49+,50+,51+,52+,53+,54+,55+,56?,57-/m1/s1. The molecule has 0 aromatic carbocycles. The third-order valence-electron chi connectivity index (χ3n) is 18.7. The average Bonchev–Trinajstić information content (AvgIpc) is 0.809. The zero-order valence-corrected chi connectivity index (χ0v) is 63.1. The monoisotopic (exact) mass is 1380 g/mol. The van der Waals surface area contributed by atoms with Crippen LogP contribution in [0.25, 0.3) is 0 Å². The fourth-order valence-electron chi connectivity index (χ4n) is 12.3. The molecule has 0 spiro atoms.